The maximum Gasteiger partial charge on any atom is 0.246 e. The summed E-state index contributed by atoms with van der Waals surface area (Å²) < 4.78 is 0. The highest BCUT2D eigenvalue weighted by atomic mass is 16.2. The van der Waals surface area contributed by atoms with Crippen molar-refractivity contribution < 1.29 is 9.59 Å². The molecule has 2 aromatic rings. The van der Waals surface area contributed by atoms with E-state index >= 15 is 0 Å². The fraction of sp³-hybridized carbons (Fsp3) is 0.360. The number of rotatable bonds is 4. The average molecular weight is 430 g/mol. The zero-order valence-corrected chi connectivity index (χ0v) is 18.1. The van der Waals surface area contributed by atoms with Crippen LogP contribution < -0.4 is 4.90 Å². The van der Waals surface area contributed by atoms with E-state index in [1.165, 1.54) is 0 Å². The zero-order chi connectivity index (χ0) is 22.3. The van der Waals surface area contributed by atoms with E-state index in [0.717, 1.165) is 5.56 Å². The molecule has 2 aliphatic heterocycles. The van der Waals surface area contributed by atoms with Crippen LogP contribution in [-0.4, -0.2) is 65.9 Å². The fourth-order valence-electron chi connectivity index (χ4n) is 4.32. The third-order valence-corrected chi connectivity index (χ3v) is 6.17. The first-order chi connectivity index (χ1) is 15.7. The van der Waals surface area contributed by atoms with Gasteiger partial charge in [0.2, 0.25) is 11.8 Å². The second-order valence-corrected chi connectivity index (χ2v) is 8.14. The molecule has 2 saturated heterocycles. The van der Waals surface area contributed by atoms with Gasteiger partial charge < -0.3 is 14.7 Å². The lowest BCUT2D eigenvalue weighted by molar-refractivity contribution is -0.139. The van der Waals surface area contributed by atoms with E-state index < -0.39 is 0 Å². The van der Waals surface area contributed by atoms with E-state index in [1.54, 1.807) is 24.4 Å². The van der Waals surface area contributed by atoms with E-state index in [0.29, 0.717) is 63.5 Å². The number of pyridine rings is 1. The van der Waals surface area contributed by atoms with E-state index in [1.807, 2.05) is 46.2 Å². The molecule has 0 atom stereocenters. The van der Waals surface area contributed by atoms with Crippen molar-refractivity contribution in [1.29, 1.82) is 5.26 Å². The highest BCUT2D eigenvalue weighted by Crippen LogP contribution is 2.23. The minimum Gasteiger partial charge on any atom is -0.352 e. The number of hydrogen-bond donors (Lipinski definition) is 0. The van der Waals surface area contributed by atoms with Crippen molar-refractivity contribution in [2.45, 2.75) is 12.8 Å². The molecular formula is C25H27N5O2. The molecule has 164 valence electrons. The Morgan fingerprint density at radius 2 is 1.66 bits per heavy atom. The predicted molar refractivity (Wildman–Crippen MR) is 123 cm³/mol. The number of nitriles is 1. The first-order valence-electron chi connectivity index (χ1n) is 11.1. The molecule has 1 aromatic carbocycles. The summed E-state index contributed by atoms with van der Waals surface area (Å²) in [5.41, 5.74) is 1.56. The Balaban J connectivity index is 1.26. The van der Waals surface area contributed by atoms with Gasteiger partial charge in [-0.15, -0.1) is 0 Å². The van der Waals surface area contributed by atoms with E-state index in [9.17, 15) is 14.9 Å². The van der Waals surface area contributed by atoms with Crippen molar-refractivity contribution in [1.82, 2.24) is 14.8 Å². The quantitative estimate of drug-likeness (QED) is 0.698. The van der Waals surface area contributed by atoms with E-state index in [2.05, 4.69) is 16.0 Å². The number of carbonyl (C=O) groups is 2. The topological polar surface area (TPSA) is 80.5 Å². The molecule has 0 saturated carbocycles. The van der Waals surface area contributed by atoms with Gasteiger partial charge in [-0.05, 0) is 36.6 Å². The Hall–Kier alpha value is -3.66. The number of piperidine rings is 1. The summed E-state index contributed by atoms with van der Waals surface area (Å²) >= 11 is 0. The molecule has 0 N–H and O–H groups in total. The molecule has 2 aliphatic rings. The van der Waals surface area contributed by atoms with Gasteiger partial charge in [-0.2, -0.15) is 5.26 Å². The van der Waals surface area contributed by atoms with Gasteiger partial charge in [-0.1, -0.05) is 30.3 Å². The molecule has 2 fully saturated rings. The maximum absolute atomic E-state index is 13.0. The van der Waals surface area contributed by atoms with Crippen LogP contribution >= 0.6 is 0 Å². The number of nitrogens with zero attached hydrogens (tertiary/aromatic N) is 5. The summed E-state index contributed by atoms with van der Waals surface area (Å²) in [6, 6.07) is 15.5. The van der Waals surface area contributed by atoms with Gasteiger partial charge in [0.1, 0.15) is 11.9 Å². The number of benzene rings is 1. The van der Waals surface area contributed by atoms with Crippen molar-refractivity contribution in [2.75, 3.05) is 44.2 Å². The predicted octanol–water partition coefficient (Wildman–Crippen LogP) is 2.55. The van der Waals surface area contributed by atoms with Crippen LogP contribution in [0, 0.1) is 17.2 Å². The Morgan fingerprint density at radius 1 is 0.938 bits per heavy atom. The van der Waals surface area contributed by atoms with Crippen molar-refractivity contribution >= 4 is 23.7 Å². The normalized spacial score (nSPS) is 17.4. The van der Waals surface area contributed by atoms with E-state index in [4.69, 9.17) is 0 Å². The average Bonchev–Trinajstić information content (AvgIpc) is 2.87. The molecule has 0 unspecified atom stereocenters. The van der Waals surface area contributed by atoms with Crippen molar-refractivity contribution in [3.05, 3.63) is 65.9 Å². The van der Waals surface area contributed by atoms with Gasteiger partial charge >= 0.3 is 0 Å². The third-order valence-electron chi connectivity index (χ3n) is 6.17. The molecule has 0 radical (unpaired) electrons. The van der Waals surface area contributed by atoms with Crippen LogP contribution in [0.3, 0.4) is 0 Å². The van der Waals surface area contributed by atoms with Crippen LogP contribution in [0.25, 0.3) is 6.08 Å². The molecule has 32 heavy (non-hydrogen) atoms. The lowest BCUT2D eigenvalue weighted by Crippen LogP contribution is -2.52. The minimum absolute atomic E-state index is 0.00276. The Labute approximate surface area is 188 Å². The highest BCUT2D eigenvalue weighted by Gasteiger charge is 2.31. The van der Waals surface area contributed by atoms with Crippen LogP contribution in [0.2, 0.25) is 0 Å². The number of likely N-dealkylation sites (tertiary alicyclic amines) is 1. The standard InChI is InChI=1S/C25H27N5O2/c26-19-22-7-4-12-27-24(22)29-15-17-30(18-16-29)25(32)21-10-13-28(14-11-21)23(31)9-8-20-5-2-1-3-6-20/h1-9,12,21H,10-11,13-18H2/b9-8+. The lowest BCUT2D eigenvalue weighted by Gasteiger charge is -2.39. The molecule has 3 heterocycles. The Morgan fingerprint density at radius 3 is 2.34 bits per heavy atom. The third kappa shape index (κ3) is 4.97. The number of piperazine rings is 1. The van der Waals surface area contributed by atoms with Crippen LogP contribution in [0.1, 0.15) is 24.0 Å². The molecule has 1 aromatic heterocycles. The van der Waals surface area contributed by atoms with Gasteiger partial charge in [0, 0.05) is 57.5 Å². The first-order valence-corrected chi connectivity index (χ1v) is 11.1. The molecular weight excluding hydrogens is 402 g/mol. The summed E-state index contributed by atoms with van der Waals surface area (Å²) in [4.78, 5) is 35.7. The SMILES string of the molecule is N#Cc1cccnc1N1CCN(C(=O)C2CCN(C(=O)/C=C/c3ccccc3)CC2)CC1. The van der Waals surface area contributed by atoms with E-state index in [-0.39, 0.29) is 17.7 Å². The summed E-state index contributed by atoms with van der Waals surface area (Å²) in [5.74, 6) is 0.834. The summed E-state index contributed by atoms with van der Waals surface area (Å²) in [6.07, 6.45) is 6.53. The molecule has 0 spiro atoms. The minimum atomic E-state index is -0.0341. The fourth-order valence-corrected chi connectivity index (χ4v) is 4.32. The van der Waals surface area contributed by atoms with Gasteiger partial charge in [0.05, 0.1) is 5.56 Å². The maximum atomic E-state index is 13.0. The monoisotopic (exact) mass is 429 g/mol. The largest absolute Gasteiger partial charge is 0.352 e. The molecule has 2 amide bonds. The summed E-state index contributed by atoms with van der Waals surface area (Å²) in [5, 5.41) is 9.30. The number of carbonyl (C=O) groups excluding carboxylic acids is 2. The number of amides is 2. The molecule has 0 bridgehead atoms. The number of hydrogen-bond acceptors (Lipinski definition) is 5. The Kier molecular flexibility index (Phi) is 6.81. The first kappa shape index (κ1) is 21.6. The molecule has 7 heteroatoms. The summed E-state index contributed by atoms with van der Waals surface area (Å²) in [7, 11) is 0. The van der Waals surface area contributed by atoms with Crippen LogP contribution in [0.15, 0.2) is 54.7 Å². The van der Waals surface area contributed by atoms with Crippen LogP contribution in [0.4, 0.5) is 5.82 Å². The number of aromatic nitrogens is 1. The zero-order valence-electron chi connectivity index (χ0n) is 18.1. The summed E-state index contributed by atoms with van der Waals surface area (Å²) in [6.45, 7) is 3.79. The molecule has 0 aliphatic carbocycles. The van der Waals surface area contributed by atoms with Crippen molar-refractivity contribution in [3.8, 4) is 6.07 Å². The smallest absolute Gasteiger partial charge is 0.246 e. The van der Waals surface area contributed by atoms with Crippen LogP contribution in [0.5, 0.6) is 0 Å². The Bertz CT molecular complexity index is 1010. The second kappa shape index (κ2) is 10.1. The molecule has 4 rings (SSSR count). The highest BCUT2D eigenvalue weighted by molar-refractivity contribution is 5.92. The lowest BCUT2D eigenvalue weighted by atomic mass is 9.95. The van der Waals surface area contributed by atoms with Gasteiger partial charge in [-0.3, -0.25) is 9.59 Å². The van der Waals surface area contributed by atoms with Crippen LogP contribution in [-0.2, 0) is 9.59 Å². The van der Waals surface area contributed by atoms with Gasteiger partial charge in [0.15, 0.2) is 0 Å². The van der Waals surface area contributed by atoms with Crippen molar-refractivity contribution in [3.63, 3.8) is 0 Å². The van der Waals surface area contributed by atoms with Gasteiger partial charge in [-0.25, -0.2) is 4.98 Å². The second-order valence-electron chi connectivity index (χ2n) is 8.14. The molecule has 7 nitrogen and oxygen atoms in total. The van der Waals surface area contributed by atoms with Gasteiger partial charge in [0.25, 0.3) is 0 Å². The number of anilines is 1. The van der Waals surface area contributed by atoms with Crippen molar-refractivity contribution in [2.24, 2.45) is 5.92 Å².